The molecule has 96 valence electrons. The van der Waals surface area contributed by atoms with E-state index in [0.717, 1.165) is 0 Å². The van der Waals surface area contributed by atoms with Crippen molar-refractivity contribution in [1.29, 1.82) is 0 Å². The van der Waals surface area contributed by atoms with Crippen LogP contribution in [-0.4, -0.2) is 30.3 Å². The molecule has 17 heteroatoms. The molecule has 0 spiro atoms. The molecule has 0 aromatic heterocycles. The molecule has 0 aliphatic carbocycles. The third-order valence-corrected chi connectivity index (χ3v) is 28.9. The van der Waals surface area contributed by atoms with Crippen LogP contribution in [0.3, 0.4) is 0 Å². The molecule has 2 fully saturated rings. The van der Waals surface area contributed by atoms with Crippen molar-refractivity contribution in [3.63, 3.8) is 0 Å². The Hall–Kier alpha value is 1.69. The van der Waals surface area contributed by atoms with E-state index in [9.17, 15) is 20.4 Å². The van der Waals surface area contributed by atoms with Gasteiger partial charge in [-0.3, -0.25) is 0 Å². The second-order valence-electron chi connectivity index (χ2n) is 2.38. The van der Waals surface area contributed by atoms with Gasteiger partial charge in [0.05, 0.1) is 0 Å². The van der Waals surface area contributed by atoms with Crippen LogP contribution in [0.4, 0.5) is 0 Å². The molecule has 0 atom stereocenters. The average molecular weight is 797 g/mol. The van der Waals surface area contributed by atoms with Gasteiger partial charge in [0, 0.05) is 0 Å². The molecule has 17 heavy (non-hydrogen) atoms. The summed E-state index contributed by atoms with van der Waals surface area (Å²) >= 11 is -23.2. The first-order chi connectivity index (χ1) is 7.57. The summed E-state index contributed by atoms with van der Waals surface area (Å²) in [4.78, 5) is 0. The van der Waals surface area contributed by atoms with E-state index < -0.39 is 80.5 Å². The SMILES string of the molecule is [O]=[W]1(=[O])[O][Al]([O][W](=[O])(=[O])[O][Al]2[O][W](=[O])(=[O])[O]2)[O]1. The molecule has 2 aliphatic heterocycles. The molecule has 0 unspecified atom stereocenters. The number of hydrogen-bond donors (Lipinski definition) is 0. The Balaban J connectivity index is 1.84. The third-order valence-electron chi connectivity index (χ3n) is 1.18. The van der Waals surface area contributed by atoms with E-state index in [4.69, 9.17) is 0 Å². The van der Waals surface area contributed by atoms with Crippen molar-refractivity contribution in [2.75, 3.05) is 0 Å². The Morgan fingerprint density at radius 1 is 0.765 bits per heavy atom. The molecule has 2 heterocycles. The van der Waals surface area contributed by atoms with Crippen LogP contribution >= 0.6 is 0 Å². The Labute approximate surface area is 114 Å². The standard InChI is InChI=1S/2Al.12O.3W. The van der Waals surface area contributed by atoms with E-state index in [1.165, 1.54) is 0 Å². The maximum atomic E-state index is 11.1. The summed E-state index contributed by atoms with van der Waals surface area (Å²) in [7, 11) is 0. The number of rotatable bonds is 4. The molecular weight excluding hydrogens is 797 g/mol. The van der Waals surface area contributed by atoms with Gasteiger partial charge in [-0.05, 0) is 0 Å². The molecule has 0 N–H and O–H groups in total. The third kappa shape index (κ3) is 4.34. The van der Waals surface area contributed by atoms with Crippen LogP contribution in [0, 0.1) is 0 Å². The van der Waals surface area contributed by atoms with Gasteiger partial charge in [-0.15, -0.1) is 0 Å². The fourth-order valence-corrected chi connectivity index (χ4v) is 29.1. The average Bonchev–Trinajstić information content (AvgIpc) is 1.94. The van der Waals surface area contributed by atoms with Gasteiger partial charge in [-0.1, -0.05) is 0 Å². The van der Waals surface area contributed by atoms with Crippen molar-refractivity contribution >= 4 is 30.3 Å². The van der Waals surface area contributed by atoms with Crippen molar-refractivity contribution in [2.45, 2.75) is 0 Å². The van der Waals surface area contributed by atoms with Gasteiger partial charge in [0.2, 0.25) is 0 Å². The zero-order valence-electron chi connectivity index (χ0n) is 7.28. The van der Waals surface area contributed by atoms with Crippen LogP contribution < -0.4 is 0 Å². The first-order valence-corrected chi connectivity index (χ1v) is 20.6. The molecule has 0 saturated carbocycles. The first kappa shape index (κ1) is 15.1. The zero-order valence-corrected chi connectivity index (χ0v) is 18.4. The van der Waals surface area contributed by atoms with E-state index in [1.54, 1.807) is 0 Å². The fraction of sp³-hybridized carbons (Fsp3) is 0. The normalized spacial score (nSPS) is 26.1. The predicted octanol–water partition coefficient (Wildman–Crippen LogP) is -1.89. The van der Waals surface area contributed by atoms with E-state index in [1.807, 2.05) is 0 Å². The van der Waals surface area contributed by atoms with Crippen LogP contribution in [0.15, 0.2) is 0 Å². The maximum absolute atomic E-state index is 11.1. The molecule has 2 rings (SSSR count). The van der Waals surface area contributed by atoms with Crippen molar-refractivity contribution in [3.05, 3.63) is 0 Å². The van der Waals surface area contributed by atoms with E-state index in [-0.39, 0.29) is 0 Å². The fourth-order valence-electron chi connectivity index (χ4n) is 0.679. The van der Waals surface area contributed by atoms with Crippen molar-refractivity contribution in [1.82, 2.24) is 0 Å². The molecule has 0 aromatic rings. The van der Waals surface area contributed by atoms with Crippen LogP contribution in [0.2, 0.25) is 0 Å². The Morgan fingerprint density at radius 3 is 1.29 bits per heavy atom. The summed E-state index contributed by atoms with van der Waals surface area (Å²) < 4.78 is 89.0. The summed E-state index contributed by atoms with van der Waals surface area (Å²) in [6.07, 6.45) is 0. The molecule has 0 aromatic carbocycles. The van der Waals surface area contributed by atoms with E-state index in [0.29, 0.717) is 0 Å². The van der Waals surface area contributed by atoms with Crippen LogP contribution in [0.25, 0.3) is 0 Å². The molecule has 0 amide bonds. The van der Waals surface area contributed by atoms with E-state index >= 15 is 0 Å². The molecule has 0 bridgehead atoms. The summed E-state index contributed by atoms with van der Waals surface area (Å²) in [5, 5.41) is 0. The minimum atomic E-state index is -6.00. The molecule has 12 nitrogen and oxygen atoms in total. The van der Waals surface area contributed by atoms with Gasteiger partial charge < -0.3 is 0 Å². The van der Waals surface area contributed by atoms with Gasteiger partial charge in [0.25, 0.3) is 0 Å². The second kappa shape index (κ2) is 4.91. The van der Waals surface area contributed by atoms with Gasteiger partial charge >= 0.3 is 116 Å². The molecule has 0 radical (unpaired) electrons. The van der Waals surface area contributed by atoms with Crippen LogP contribution in [0.1, 0.15) is 0 Å². The first-order valence-electron chi connectivity index (χ1n) is 3.41. The topological polar surface area (TPSA) is 158 Å². The van der Waals surface area contributed by atoms with Gasteiger partial charge in [-0.2, -0.15) is 0 Å². The van der Waals surface area contributed by atoms with Crippen molar-refractivity contribution in [2.24, 2.45) is 0 Å². The zero-order chi connectivity index (χ0) is 12.9. The van der Waals surface area contributed by atoms with Gasteiger partial charge in [0.15, 0.2) is 0 Å². The summed E-state index contributed by atoms with van der Waals surface area (Å²) in [6, 6.07) is 0. The Kier molecular flexibility index (Phi) is 4.35. The number of hydrogen-bond acceptors (Lipinski definition) is 12. The minimum absolute atomic E-state index is 3.25. The second-order valence-corrected chi connectivity index (χ2v) is 25.9. The predicted molar refractivity (Wildman–Crippen MR) is 22.1 cm³/mol. The molecule has 2 aliphatic rings. The van der Waals surface area contributed by atoms with E-state index in [2.05, 4.69) is 14.7 Å². The Bertz CT molecular complexity index is 533. The Morgan fingerprint density at radius 2 is 1.06 bits per heavy atom. The molecular formula is Al2O12W3. The van der Waals surface area contributed by atoms with Crippen molar-refractivity contribution in [3.8, 4) is 0 Å². The van der Waals surface area contributed by atoms with Gasteiger partial charge in [0.1, 0.15) is 0 Å². The quantitative estimate of drug-likeness (QED) is 0.292. The summed E-state index contributed by atoms with van der Waals surface area (Å²) in [6.45, 7) is 0. The molecule has 2 saturated heterocycles. The monoisotopic (exact) mass is 798 g/mol. The summed E-state index contributed by atoms with van der Waals surface area (Å²) in [5.74, 6) is 0. The summed E-state index contributed by atoms with van der Waals surface area (Å²) in [5.41, 5.74) is 0. The van der Waals surface area contributed by atoms with Gasteiger partial charge in [-0.25, -0.2) is 0 Å². The van der Waals surface area contributed by atoms with Crippen molar-refractivity contribution < 1.29 is 85.3 Å². The van der Waals surface area contributed by atoms with Crippen LogP contribution in [-0.2, 0) is 85.3 Å². The van der Waals surface area contributed by atoms with Crippen LogP contribution in [0.5, 0.6) is 0 Å².